The van der Waals surface area contributed by atoms with Gasteiger partial charge < -0.3 is 10.6 Å². The number of anilines is 2. The van der Waals surface area contributed by atoms with Crippen LogP contribution in [0.15, 0.2) is 97.1 Å². The summed E-state index contributed by atoms with van der Waals surface area (Å²) < 4.78 is 52.5. The first-order valence-corrected chi connectivity index (χ1v) is 18.8. The summed E-state index contributed by atoms with van der Waals surface area (Å²) in [6.07, 6.45) is 2.22. The van der Waals surface area contributed by atoms with Gasteiger partial charge in [0.2, 0.25) is 20.0 Å². The van der Waals surface area contributed by atoms with Gasteiger partial charge in [-0.25, -0.2) is 16.8 Å². The minimum atomic E-state index is -3.62. The van der Waals surface area contributed by atoms with E-state index in [0.29, 0.717) is 32.5 Å². The van der Waals surface area contributed by atoms with Crippen molar-refractivity contribution in [2.24, 2.45) is 0 Å². The Morgan fingerprint density at radius 2 is 0.979 bits per heavy atom. The van der Waals surface area contributed by atoms with Gasteiger partial charge in [0.05, 0.1) is 37.0 Å². The predicted octanol–water partition coefficient (Wildman–Crippen LogP) is 5.47. The summed E-state index contributed by atoms with van der Waals surface area (Å²) in [5.41, 5.74) is 2.93. The van der Waals surface area contributed by atoms with Gasteiger partial charge in [-0.2, -0.15) is 0 Å². The van der Waals surface area contributed by atoms with Crippen molar-refractivity contribution in [2.75, 3.05) is 27.7 Å². The Kier molecular flexibility index (Phi) is 11.6. The highest BCUT2D eigenvalue weighted by molar-refractivity contribution is 7.92. The molecule has 47 heavy (non-hydrogen) atoms. The first-order chi connectivity index (χ1) is 22.1. The van der Waals surface area contributed by atoms with E-state index >= 15 is 0 Å². The zero-order valence-electron chi connectivity index (χ0n) is 25.9. The fourth-order valence-corrected chi connectivity index (χ4v) is 6.60. The number of nitrogens with zero attached hydrogens (tertiary/aromatic N) is 2. The first-order valence-electron chi connectivity index (χ1n) is 14.3. The van der Waals surface area contributed by atoms with Crippen LogP contribution in [0, 0.1) is 0 Å². The maximum Gasteiger partial charge on any atom is 0.251 e. The first kappa shape index (κ1) is 35.7. The van der Waals surface area contributed by atoms with Gasteiger partial charge in [0.1, 0.15) is 0 Å². The molecule has 0 aliphatic rings. The minimum absolute atomic E-state index is 0.0976. The van der Waals surface area contributed by atoms with Gasteiger partial charge in [0, 0.05) is 33.8 Å². The van der Waals surface area contributed by atoms with E-state index < -0.39 is 37.9 Å². The van der Waals surface area contributed by atoms with Gasteiger partial charge in [-0.05, 0) is 90.8 Å². The molecule has 0 spiro atoms. The predicted molar refractivity (Wildman–Crippen MR) is 187 cm³/mol. The molecular formula is C33H34Cl2N4O6S2. The Balaban J connectivity index is 1.33. The van der Waals surface area contributed by atoms with Crippen molar-refractivity contribution in [1.29, 1.82) is 0 Å². The summed E-state index contributed by atoms with van der Waals surface area (Å²) in [6.45, 7) is 2.05. The van der Waals surface area contributed by atoms with Crippen molar-refractivity contribution < 1.29 is 26.4 Å². The molecule has 248 valence electrons. The van der Waals surface area contributed by atoms with E-state index in [1.807, 2.05) is 0 Å². The lowest BCUT2D eigenvalue weighted by atomic mass is 10.1. The molecule has 0 aromatic heterocycles. The van der Waals surface area contributed by atoms with Crippen LogP contribution in [0.3, 0.4) is 0 Å². The number of halogens is 2. The number of hydrogen-bond acceptors (Lipinski definition) is 6. The van der Waals surface area contributed by atoms with Gasteiger partial charge >= 0.3 is 0 Å². The molecule has 2 N–H and O–H groups in total. The lowest BCUT2D eigenvalue weighted by molar-refractivity contribution is 0.0912. The van der Waals surface area contributed by atoms with E-state index in [1.165, 1.54) is 32.9 Å². The Morgan fingerprint density at radius 3 is 1.34 bits per heavy atom. The molecule has 4 rings (SSSR count). The number of benzene rings is 4. The maximum atomic E-state index is 12.9. The largest absolute Gasteiger partial charge is 0.350 e. The topological polar surface area (TPSA) is 133 Å². The summed E-state index contributed by atoms with van der Waals surface area (Å²) in [4.78, 5) is 25.7. The molecule has 0 unspecified atom stereocenters. The van der Waals surface area contributed by atoms with Gasteiger partial charge in [-0.3, -0.25) is 18.2 Å². The van der Waals surface area contributed by atoms with Crippen LogP contribution in [-0.2, 0) is 33.1 Å². The van der Waals surface area contributed by atoms with Gasteiger partial charge in [0.25, 0.3) is 11.8 Å². The second-order valence-electron chi connectivity index (χ2n) is 11.0. The summed E-state index contributed by atoms with van der Waals surface area (Å²) in [5.74, 6) is -0.792. The smallest absolute Gasteiger partial charge is 0.251 e. The normalized spacial score (nSPS) is 12.2. The minimum Gasteiger partial charge on any atom is -0.350 e. The van der Waals surface area contributed by atoms with E-state index in [1.54, 1.807) is 79.7 Å². The molecule has 0 saturated carbocycles. The van der Waals surface area contributed by atoms with Crippen molar-refractivity contribution >= 4 is 66.4 Å². The lowest BCUT2D eigenvalue weighted by Gasteiger charge is -2.23. The Labute approximate surface area is 285 Å². The van der Waals surface area contributed by atoms with Crippen LogP contribution in [0.2, 0.25) is 10.0 Å². The molecule has 0 radical (unpaired) electrons. The summed E-state index contributed by atoms with van der Waals surface area (Å²) in [5, 5.41) is 6.67. The second-order valence-corrected chi connectivity index (χ2v) is 15.7. The number of nitrogens with one attached hydrogen (secondary N) is 2. The zero-order chi connectivity index (χ0) is 34.4. The summed E-state index contributed by atoms with van der Waals surface area (Å²) >= 11 is 11.9. The molecule has 10 nitrogen and oxygen atoms in total. The third-order valence-electron chi connectivity index (χ3n) is 7.06. The lowest BCUT2D eigenvalue weighted by Crippen LogP contribution is -2.41. The highest BCUT2D eigenvalue weighted by Gasteiger charge is 2.20. The fourth-order valence-electron chi connectivity index (χ4n) is 4.58. The van der Waals surface area contributed by atoms with E-state index in [9.17, 15) is 26.4 Å². The number of hydrogen-bond donors (Lipinski definition) is 2. The quantitative estimate of drug-likeness (QED) is 0.189. The molecule has 4 aromatic rings. The Bertz CT molecular complexity index is 1920. The average molecular weight is 718 g/mol. The third kappa shape index (κ3) is 10.2. The molecule has 1 atom stereocenters. The monoisotopic (exact) mass is 716 g/mol. The molecular weight excluding hydrogens is 683 g/mol. The zero-order valence-corrected chi connectivity index (χ0v) is 29.0. The van der Waals surface area contributed by atoms with Crippen molar-refractivity contribution in [1.82, 2.24) is 10.6 Å². The van der Waals surface area contributed by atoms with E-state index in [-0.39, 0.29) is 19.6 Å². The molecule has 0 bridgehead atoms. The van der Waals surface area contributed by atoms with Crippen LogP contribution in [-0.4, -0.2) is 53.7 Å². The van der Waals surface area contributed by atoms with Crippen LogP contribution in [0.5, 0.6) is 0 Å². The Hall–Kier alpha value is -4.10. The van der Waals surface area contributed by atoms with Crippen LogP contribution in [0.4, 0.5) is 11.4 Å². The average Bonchev–Trinajstić information content (AvgIpc) is 3.02. The van der Waals surface area contributed by atoms with Crippen LogP contribution in [0.1, 0.15) is 38.8 Å². The fraction of sp³-hybridized carbons (Fsp3) is 0.212. The maximum absolute atomic E-state index is 12.9. The van der Waals surface area contributed by atoms with Gasteiger partial charge in [-0.15, -0.1) is 0 Å². The van der Waals surface area contributed by atoms with Crippen LogP contribution in [0.25, 0.3) is 0 Å². The van der Waals surface area contributed by atoms with E-state index in [0.717, 1.165) is 23.6 Å². The number of amides is 2. The second kappa shape index (κ2) is 15.2. The molecule has 2 amide bonds. The highest BCUT2D eigenvalue weighted by atomic mass is 35.5. The molecule has 4 aromatic carbocycles. The molecule has 0 saturated heterocycles. The van der Waals surface area contributed by atoms with Crippen molar-refractivity contribution in [3.63, 3.8) is 0 Å². The molecule has 14 heteroatoms. The SMILES string of the molecule is C[C@@H](CNC(=O)c1ccc(N(Cc2ccc(Cl)cc2)S(C)(=O)=O)cc1)NC(=O)c1ccc(N(Cc2ccc(Cl)cc2)S(C)(=O)=O)cc1. The standard InChI is InChI=1S/C33H34Cl2N4O6S2/c1-23(37-33(41)27-10-18-31(19-11-27)39(47(3,44)45)22-25-6-14-29(35)15-7-25)20-36-32(40)26-8-16-30(17-9-26)38(46(2,42)43)21-24-4-12-28(34)13-5-24/h4-19,23H,20-22H2,1-3H3,(H,36,40)(H,37,41)/t23-/m0/s1. The van der Waals surface area contributed by atoms with E-state index in [4.69, 9.17) is 23.2 Å². The van der Waals surface area contributed by atoms with E-state index in [2.05, 4.69) is 10.6 Å². The summed E-state index contributed by atoms with van der Waals surface area (Å²) in [7, 11) is -7.23. The highest BCUT2D eigenvalue weighted by Crippen LogP contribution is 2.24. The van der Waals surface area contributed by atoms with Crippen molar-refractivity contribution in [2.45, 2.75) is 26.1 Å². The molecule has 0 aliphatic heterocycles. The Morgan fingerprint density at radius 1 is 0.617 bits per heavy atom. The van der Waals surface area contributed by atoms with Crippen molar-refractivity contribution in [3.05, 3.63) is 129 Å². The molecule has 0 heterocycles. The van der Waals surface area contributed by atoms with Gasteiger partial charge in [0.15, 0.2) is 0 Å². The molecule has 0 aliphatic carbocycles. The number of carbonyl (C=O) groups excluding carboxylic acids is 2. The third-order valence-corrected chi connectivity index (χ3v) is 9.85. The number of carbonyl (C=O) groups is 2. The van der Waals surface area contributed by atoms with Crippen LogP contribution < -0.4 is 19.2 Å². The number of rotatable bonds is 13. The van der Waals surface area contributed by atoms with Crippen molar-refractivity contribution in [3.8, 4) is 0 Å². The summed E-state index contributed by atoms with van der Waals surface area (Å²) in [6, 6.07) is 25.6. The molecule has 0 fully saturated rings. The van der Waals surface area contributed by atoms with Gasteiger partial charge in [-0.1, -0.05) is 47.5 Å². The van der Waals surface area contributed by atoms with Crippen LogP contribution >= 0.6 is 23.2 Å². The number of sulfonamides is 2.